The summed E-state index contributed by atoms with van der Waals surface area (Å²) in [5.41, 5.74) is 3.84. The van der Waals surface area contributed by atoms with Crippen LogP contribution in [-0.4, -0.2) is 34.9 Å². The number of amides is 1. The van der Waals surface area contributed by atoms with Crippen LogP contribution in [0.25, 0.3) is 0 Å². The molecular formula is C19H27N3O2. The molecule has 4 rings (SSSR count). The quantitative estimate of drug-likeness (QED) is 0.926. The molecule has 1 saturated carbocycles. The van der Waals surface area contributed by atoms with Crippen LogP contribution >= 0.6 is 0 Å². The first-order chi connectivity index (χ1) is 11.8. The number of hydrogen-bond acceptors (Lipinski definition) is 4. The Bertz CT molecular complexity index is 559. The van der Waals surface area contributed by atoms with Crippen molar-refractivity contribution in [3.05, 3.63) is 30.1 Å². The second-order valence-corrected chi connectivity index (χ2v) is 7.50. The third-order valence-corrected chi connectivity index (χ3v) is 5.97. The molecule has 1 amide bonds. The van der Waals surface area contributed by atoms with Crippen LogP contribution in [-0.2, 0) is 9.63 Å². The van der Waals surface area contributed by atoms with E-state index in [1.807, 2.05) is 18.2 Å². The highest BCUT2D eigenvalue weighted by molar-refractivity contribution is 5.82. The monoisotopic (exact) mass is 329 g/mol. The predicted molar refractivity (Wildman–Crippen MR) is 90.9 cm³/mol. The number of aromatic nitrogens is 1. The molecule has 1 aromatic heterocycles. The summed E-state index contributed by atoms with van der Waals surface area (Å²) in [6.07, 6.45) is 10.3. The predicted octanol–water partition coefficient (Wildman–Crippen LogP) is 2.85. The molecule has 3 aliphatic rings. The number of rotatable bonds is 3. The zero-order valence-electron chi connectivity index (χ0n) is 14.2. The molecule has 130 valence electrons. The molecule has 1 aliphatic carbocycles. The highest BCUT2D eigenvalue weighted by Crippen LogP contribution is 2.36. The van der Waals surface area contributed by atoms with Gasteiger partial charge in [-0.15, -0.1) is 0 Å². The first-order valence-electron chi connectivity index (χ1n) is 9.42. The highest BCUT2D eigenvalue weighted by atomic mass is 16.7. The van der Waals surface area contributed by atoms with E-state index in [0.29, 0.717) is 12.3 Å². The first kappa shape index (κ1) is 16.0. The number of pyridine rings is 1. The topological polar surface area (TPSA) is 54.5 Å². The Kier molecular flexibility index (Phi) is 4.81. The van der Waals surface area contributed by atoms with Crippen LogP contribution in [0.5, 0.6) is 0 Å². The van der Waals surface area contributed by atoms with Crippen LogP contribution in [0.1, 0.15) is 56.7 Å². The lowest BCUT2D eigenvalue weighted by atomic mass is 9.80. The Morgan fingerprint density at radius 3 is 2.83 bits per heavy atom. The van der Waals surface area contributed by atoms with Crippen molar-refractivity contribution in [2.24, 2.45) is 11.8 Å². The Labute approximate surface area is 143 Å². The van der Waals surface area contributed by atoms with Crippen LogP contribution in [0.3, 0.4) is 0 Å². The summed E-state index contributed by atoms with van der Waals surface area (Å²) in [4.78, 5) is 24.8. The molecule has 0 radical (unpaired) electrons. The third-order valence-electron chi connectivity index (χ3n) is 5.97. The van der Waals surface area contributed by atoms with Gasteiger partial charge in [-0.05, 0) is 30.4 Å². The Morgan fingerprint density at radius 2 is 2.04 bits per heavy atom. The van der Waals surface area contributed by atoms with Gasteiger partial charge in [-0.3, -0.25) is 14.6 Å². The summed E-state index contributed by atoms with van der Waals surface area (Å²) in [7, 11) is 0. The van der Waals surface area contributed by atoms with Gasteiger partial charge in [0.15, 0.2) is 0 Å². The Hall–Kier alpha value is -1.46. The number of hydroxylamine groups is 1. The van der Waals surface area contributed by atoms with E-state index in [4.69, 9.17) is 4.84 Å². The standard InChI is InChI=1S/C19H27N3O2/c23-19(17-12-18(24-21-17)16-8-4-5-10-20-16)22-11-9-15(13-22)14-6-2-1-3-7-14/h4-5,8,10,14-15,17-18,21H,1-3,6-7,9,11-13H2. The lowest BCUT2D eigenvalue weighted by molar-refractivity contribution is -0.133. The smallest absolute Gasteiger partial charge is 0.242 e. The van der Waals surface area contributed by atoms with Gasteiger partial charge in [0.1, 0.15) is 12.1 Å². The fraction of sp³-hybridized carbons (Fsp3) is 0.684. The van der Waals surface area contributed by atoms with Crippen molar-refractivity contribution < 1.29 is 9.63 Å². The average Bonchev–Trinajstić information content (AvgIpc) is 3.33. The van der Waals surface area contributed by atoms with Crippen molar-refractivity contribution in [1.29, 1.82) is 0 Å². The second-order valence-electron chi connectivity index (χ2n) is 7.50. The van der Waals surface area contributed by atoms with Gasteiger partial charge < -0.3 is 4.90 Å². The van der Waals surface area contributed by atoms with Crippen molar-refractivity contribution in [2.75, 3.05) is 13.1 Å². The highest BCUT2D eigenvalue weighted by Gasteiger charge is 2.38. The van der Waals surface area contributed by atoms with E-state index in [-0.39, 0.29) is 18.1 Å². The molecule has 3 atom stereocenters. The molecule has 2 aliphatic heterocycles. The molecule has 0 aromatic carbocycles. The van der Waals surface area contributed by atoms with Crippen molar-refractivity contribution in [2.45, 2.75) is 57.1 Å². The van der Waals surface area contributed by atoms with E-state index in [9.17, 15) is 4.79 Å². The van der Waals surface area contributed by atoms with Crippen LogP contribution < -0.4 is 5.48 Å². The molecule has 0 bridgehead atoms. The maximum atomic E-state index is 12.8. The van der Waals surface area contributed by atoms with Gasteiger partial charge in [-0.2, -0.15) is 5.48 Å². The van der Waals surface area contributed by atoms with Crippen molar-refractivity contribution in [3.63, 3.8) is 0 Å². The number of carbonyl (C=O) groups is 1. The summed E-state index contributed by atoms with van der Waals surface area (Å²) in [5, 5.41) is 0. The third kappa shape index (κ3) is 3.33. The molecule has 2 saturated heterocycles. The molecule has 0 spiro atoms. The van der Waals surface area contributed by atoms with Crippen LogP contribution in [0.4, 0.5) is 0 Å². The Morgan fingerprint density at radius 1 is 1.17 bits per heavy atom. The maximum absolute atomic E-state index is 12.8. The van der Waals surface area contributed by atoms with Crippen LogP contribution in [0, 0.1) is 11.8 Å². The van der Waals surface area contributed by atoms with Gasteiger partial charge in [-0.25, -0.2) is 0 Å². The molecule has 3 heterocycles. The Balaban J connectivity index is 1.32. The van der Waals surface area contributed by atoms with Gasteiger partial charge in [0.05, 0.1) is 5.69 Å². The minimum atomic E-state index is -0.234. The van der Waals surface area contributed by atoms with E-state index in [1.165, 1.54) is 38.5 Å². The molecular weight excluding hydrogens is 302 g/mol. The SMILES string of the molecule is O=C(C1CC(c2ccccn2)ON1)N1CCC(C2CCCCC2)C1. The summed E-state index contributed by atoms with van der Waals surface area (Å²) >= 11 is 0. The molecule has 3 fully saturated rings. The minimum absolute atomic E-state index is 0.128. The fourth-order valence-electron chi connectivity index (χ4n) is 4.57. The number of nitrogens with one attached hydrogen (secondary N) is 1. The molecule has 5 nitrogen and oxygen atoms in total. The summed E-state index contributed by atoms with van der Waals surface area (Å²) < 4.78 is 0. The number of likely N-dealkylation sites (tertiary alicyclic amines) is 1. The maximum Gasteiger partial charge on any atom is 0.242 e. The van der Waals surface area contributed by atoms with Gasteiger partial charge in [0.25, 0.3) is 0 Å². The van der Waals surface area contributed by atoms with Gasteiger partial charge in [0.2, 0.25) is 5.91 Å². The van der Waals surface area contributed by atoms with Gasteiger partial charge in [0, 0.05) is 25.7 Å². The van der Waals surface area contributed by atoms with Crippen molar-refractivity contribution in [1.82, 2.24) is 15.4 Å². The van der Waals surface area contributed by atoms with Crippen molar-refractivity contribution >= 4 is 5.91 Å². The van der Waals surface area contributed by atoms with Gasteiger partial charge in [-0.1, -0.05) is 38.2 Å². The second kappa shape index (κ2) is 7.19. The summed E-state index contributed by atoms with van der Waals surface area (Å²) in [6, 6.07) is 5.57. The average molecular weight is 329 g/mol. The first-order valence-corrected chi connectivity index (χ1v) is 9.42. The van der Waals surface area contributed by atoms with E-state index in [0.717, 1.165) is 24.7 Å². The zero-order chi connectivity index (χ0) is 16.4. The number of carbonyl (C=O) groups excluding carboxylic acids is 1. The lowest BCUT2D eigenvalue weighted by Crippen LogP contribution is -2.42. The normalized spacial score (nSPS) is 31.5. The fourth-order valence-corrected chi connectivity index (χ4v) is 4.57. The molecule has 3 unspecified atom stereocenters. The summed E-state index contributed by atoms with van der Waals surface area (Å²) in [6.45, 7) is 1.85. The largest absolute Gasteiger partial charge is 0.341 e. The summed E-state index contributed by atoms with van der Waals surface area (Å²) in [5.74, 6) is 1.75. The van der Waals surface area contributed by atoms with E-state index < -0.39 is 0 Å². The van der Waals surface area contributed by atoms with Crippen LogP contribution in [0.2, 0.25) is 0 Å². The van der Waals surface area contributed by atoms with E-state index >= 15 is 0 Å². The number of hydrogen-bond donors (Lipinski definition) is 1. The minimum Gasteiger partial charge on any atom is -0.341 e. The van der Waals surface area contributed by atoms with Gasteiger partial charge >= 0.3 is 0 Å². The van der Waals surface area contributed by atoms with E-state index in [2.05, 4.69) is 15.4 Å². The molecule has 1 N–H and O–H groups in total. The lowest BCUT2D eigenvalue weighted by Gasteiger charge is -2.27. The molecule has 24 heavy (non-hydrogen) atoms. The van der Waals surface area contributed by atoms with E-state index in [1.54, 1.807) is 6.20 Å². The number of nitrogens with zero attached hydrogens (tertiary/aromatic N) is 2. The molecule has 1 aromatic rings. The molecule has 5 heteroatoms. The van der Waals surface area contributed by atoms with Crippen molar-refractivity contribution in [3.8, 4) is 0 Å². The van der Waals surface area contributed by atoms with Crippen LogP contribution in [0.15, 0.2) is 24.4 Å². The zero-order valence-corrected chi connectivity index (χ0v) is 14.2.